The van der Waals surface area contributed by atoms with Gasteiger partial charge in [0.2, 0.25) is 0 Å². The Morgan fingerprint density at radius 2 is 1.97 bits per heavy atom. The van der Waals surface area contributed by atoms with E-state index >= 15 is 0 Å². The van der Waals surface area contributed by atoms with Crippen LogP contribution < -0.4 is 10.6 Å². The van der Waals surface area contributed by atoms with Crippen LogP contribution in [-0.2, 0) is 11.3 Å². The molecule has 2 aromatic rings. The van der Waals surface area contributed by atoms with Crippen molar-refractivity contribution in [1.29, 1.82) is 5.26 Å². The molecule has 0 spiro atoms. The van der Waals surface area contributed by atoms with E-state index in [4.69, 9.17) is 10.00 Å². The lowest BCUT2D eigenvalue weighted by Gasteiger charge is -2.25. The summed E-state index contributed by atoms with van der Waals surface area (Å²) in [7, 11) is 0. The maximum atomic E-state index is 13.6. The van der Waals surface area contributed by atoms with E-state index in [0.717, 1.165) is 29.8 Å². The highest BCUT2D eigenvalue weighted by molar-refractivity contribution is 5.92. The average molecular weight is 395 g/mol. The van der Waals surface area contributed by atoms with E-state index in [-0.39, 0.29) is 11.5 Å². The summed E-state index contributed by atoms with van der Waals surface area (Å²) in [5.74, 6) is -0.895. The molecule has 0 heterocycles. The van der Waals surface area contributed by atoms with E-state index in [9.17, 15) is 9.18 Å². The summed E-state index contributed by atoms with van der Waals surface area (Å²) in [5.41, 5.74) is 2.98. The summed E-state index contributed by atoms with van der Waals surface area (Å²) in [5, 5.41) is 15.9. The zero-order valence-corrected chi connectivity index (χ0v) is 16.6. The molecule has 0 aliphatic heterocycles. The second-order valence-corrected chi connectivity index (χ2v) is 7.24. The number of hydrogen-bond donors (Lipinski definition) is 2. The van der Waals surface area contributed by atoms with Crippen molar-refractivity contribution >= 4 is 17.3 Å². The number of carbonyl (C=O) groups excluding carboxylic acids is 1. The van der Waals surface area contributed by atoms with Gasteiger partial charge < -0.3 is 15.4 Å². The third kappa shape index (κ3) is 5.47. The van der Waals surface area contributed by atoms with Gasteiger partial charge in [-0.2, -0.15) is 5.26 Å². The monoisotopic (exact) mass is 395 g/mol. The lowest BCUT2D eigenvalue weighted by molar-refractivity contribution is 0.0526. The van der Waals surface area contributed by atoms with Crippen LogP contribution in [0, 0.1) is 17.1 Å². The molecule has 0 unspecified atom stereocenters. The molecule has 1 aliphatic carbocycles. The Morgan fingerprint density at radius 1 is 1.17 bits per heavy atom. The number of anilines is 2. The fourth-order valence-corrected chi connectivity index (χ4v) is 3.59. The zero-order valence-electron chi connectivity index (χ0n) is 16.6. The molecule has 0 amide bonds. The van der Waals surface area contributed by atoms with Crippen molar-refractivity contribution in [3.63, 3.8) is 0 Å². The van der Waals surface area contributed by atoms with E-state index < -0.39 is 5.82 Å². The van der Waals surface area contributed by atoms with Gasteiger partial charge in [0.1, 0.15) is 11.9 Å². The van der Waals surface area contributed by atoms with Gasteiger partial charge in [-0.3, -0.25) is 0 Å². The number of ether oxygens (including phenoxy) is 1. The molecular weight excluding hydrogens is 369 g/mol. The molecule has 3 rings (SSSR count). The first-order valence-electron chi connectivity index (χ1n) is 10.1. The van der Waals surface area contributed by atoms with E-state index in [2.05, 4.69) is 10.6 Å². The van der Waals surface area contributed by atoms with Crippen molar-refractivity contribution in [1.82, 2.24) is 0 Å². The Labute approximate surface area is 170 Å². The number of hydrogen-bond acceptors (Lipinski definition) is 5. The van der Waals surface area contributed by atoms with Crippen LogP contribution in [0.15, 0.2) is 36.4 Å². The smallest absolute Gasteiger partial charge is 0.338 e. The largest absolute Gasteiger partial charge is 0.462 e. The highest BCUT2D eigenvalue weighted by atomic mass is 19.1. The number of nitriles is 1. The van der Waals surface area contributed by atoms with Gasteiger partial charge in [0.05, 0.1) is 29.1 Å². The summed E-state index contributed by atoms with van der Waals surface area (Å²) in [4.78, 5) is 12.1. The van der Waals surface area contributed by atoms with Crippen LogP contribution in [0.3, 0.4) is 0 Å². The first kappa shape index (κ1) is 20.7. The Morgan fingerprint density at radius 3 is 2.69 bits per heavy atom. The van der Waals surface area contributed by atoms with Crippen LogP contribution >= 0.6 is 0 Å². The summed E-state index contributed by atoms with van der Waals surface area (Å²) < 4.78 is 18.7. The lowest BCUT2D eigenvalue weighted by atomic mass is 9.95. The number of carbonyl (C=O) groups is 1. The molecular formula is C23H26FN3O2. The minimum Gasteiger partial charge on any atom is -0.462 e. The predicted octanol–water partition coefficient (Wildman–Crippen LogP) is 5.23. The molecule has 0 bridgehead atoms. The van der Waals surface area contributed by atoms with Gasteiger partial charge in [-0.25, -0.2) is 9.18 Å². The fraction of sp³-hybridized carbons (Fsp3) is 0.391. The van der Waals surface area contributed by atoms with Crippen molar-refractivity contribution in [3.8, 4) is 6.07 Å². The quantitative estimate of drug-likeness (QED) is 0.628. The maximum Gasteiger partial charge on any atom is 0.338 e. The molecule has 1 saturated carbocycles. The number of nitrogens with one attached hydrogen (secondary N) is 2. The van der Waals surface area contributed by atoms with E-state index in [1.54, 1.807) is 25.1 Å². The molecule has 6 heteroatoms. The third-order valence-corrected chi connectivity index (χ3v) is 5.13. The van der Waals surface area contributed by atoms with Crippen molar-refractivity contribution in [2.24, 2.45) is 0 Å². The maximum absolute atomic E-state index is 13.6. The Bertz CT molecular complexity index is 901. The van der Waals surface area contributed by atoms with Gasteiger partial charge in [-0.1, -0.05) is 25.3 Å². The van der Waals surface area contributed by atoms with Gasteiger partial charge in [0.25, 0.3) is 0 Å². The lowest BCUT2D eigenvalue weighted by Crippen LogP contribution is -2.23. The van der Waals surface area contributed by atoms with Gasteiger partial charge in [0.15, 0.2) is 0 Å². The molecule has 0 radical (unpaired) electrons. The minimum absolute atomic E-state index is 0.0186. The summed E-state index contributed by atoms with van der Waals surface area (Å²) in [6.07, 6.45) is 5.96. The number of esters is 1. The van der Waals surface area contributed by atoms with Crippen molar-refractivity contribution in [2.75, 3.05) is 17.2 Å². The summed E-state index contributed by atoms with van der Waals surface area (Å²) in [6.45, 7) is 2.49. The molecule has 152 valence electrons. The summed E-state index contributed by atoms with van der Waals surface area (Å²) >= 11 is 0. The third-order valence-electron chi connectivity index (χ3n) is 5.13. The van der Waals surface area contributed by atoms with Crippen molar-refractivity contribution < 1.29 is 13.9 Å². The SMILES string of the molecule is CCOC(=O)c1ccc(NC2CCCCC2)c(NCc2ccc(F)c(C#N)c2)c1. The Kier molecular flexibility index (Phi) is 7.07. The molecule has 2 N–H and O–H groups in total. The second-order valence-electron chi connectivity index (χ2n) is 7.24. The predicted molar refractivity (Wildman–Crippen MR) is 111 cm³/mol. The molecule has 1 fully saturated rings. The number of halogens is 1. The van der Waals surface area contributed by atoms with Gasteiger partial charge in [-0.05, 0) is 55.7 Å². The second kappa shape index (κ2) is 9.92. The van der Waals surface area contributed by atoms with Crippen LogP contribution in [0.5, 0.6) is 0 Å². The standard InChI is InChI=1S/C23H26FN3O2/c1-2-29-23(28)17-9-11-21(27-19-6-4-3-5-7-19)22(13-17)26-15-16-8-10-20(24)18(12-16)14-25/h8-13,19,26-27H,2-7,15H2,1H3. The summed E-state index contributed by atoms with van der Waals surface area (Å²) in [6, 6.07) is 12.2. The van der Waals surface area contributed by atoms with Crippen LogP contribution in [0.1, 0.15) is 60.5 Å². The number of benzene rings is 2. The van der Waals surface area contributed by atoms with E-state index in [1.807, 2.05) is 12.1 Å². The highest BCUT2D eigenvalue weighted by Gasteiger charge is 2.16. The first-order valence-corrected chi connectivity index (χ1v) is 10.1. The Hall–Kier alpha value is -3.07. The van der Waals surface area contributed by atoms with Crippen molar-refractivity contribution in [2.45, 2.75) is 51.6 Å². The number of rotatable bonds is 7. The van der Waals surface area contributed by atoms with Crippen molar-refractivity contribution in [3.05, 3.63) is 58.9 Å². The topological polar surface area (TPSA) is 74.2 Å². The molecule has 0 atom stereocenters. The van der Waals surface area contributed by atoms with E-state index in [1.165, 1.54) is 31.4 Å². The molecule has 0 saturated heterocycles. The fourth-order valence-electron chi connectivity index (χ4n) is 3.59. The van der Waals surface area contributed by atoms with Crippen LogP contribution in [0.2, 0.25) is 0 Å². The molecule has 29 heavy (non-hydrogen) atoms. The Balaban J connectivity index is 1.81. The van der Waals surface area contributed by atoms with Crippen LogP contribution in [0.25, 0.3) is 0 Å². The van der Waals surface area contributed by atoms with E-state index in [0.29, 0.717) is 24.8 Å². The van der Waals surface area contributed by atoms with Gasteiger partial charge in [0, 0.05) is 12.6 Å². The van der Waals surface area contributed by atoms with Crippen LogP contribution in [-0.4, -0.2) is 18.6 Å². The minimum atomic E-state index is -0.528. The zero-order chi connectivity index (χ0) is 20.6. The molecule has 0 aromatic heterocycles. The number of nitrogens with zero attached hydrogens (tertiary/aromatic N) is 1. The average Bonchev–Trinajstić information content (AvgIpc) is 2.74. The normalized spacial score (nSPS) is 14.1. The first-order chi connectivity index (χ1) is 14.1. The van der Waals surface area contributed by atoms with Gasteiger partial charge in [-0.15, -0.1) is 0 Å². The van der Waals surface area contributed by atoms with Crippen LogP contribution in [0.4, 0.5) is 15.8 Å². The molecule has 1 aliphatic rings. The highest BCUT2D eigenvalue weighted by Crippen LogP contribution is 2.29. The molecule has 2 aromatic carbocycles. The molecule has 5 nitrogen and oxygen atoms in total. The van der Waals surface area contributed by atoms with Gasteiger partial charge >= 0.3 is 5.97 Å².